The Hall–Kier alpha value is -1.75. The maximum atomic E-state index is 5.25. The molecule has 0 heterocycles. The van der Waals surface area contributed by atoms with Crippen molar-refractivity contribution in [1.82, 2.24) is 15.5 Å². The van der Waals surface area contributed by atoms with Gasteiger partial charge in [0.15, 0.2) is 5.96 Å². The molecule has 0 aliphatic heterocycles. The molecular weight excluding hydrogens is 288 g/mol. The van der Waals surface area contributed by atoms with E-state index in [2.05, 4.69) is 61.5 Å². The number of ether oxygens (including phenoxy) is 1. The third kappa shape index (κ3) is 7.88. The van der Waals surface area contributed by atoms with Crippen LogP contribution in [0.4, 0.5) is 0 Å². The van der Waals surface area contributed by atoms with Gasteiger partial charge >= 0.3 is 0 Å². The van der Waals surface area contributed by atoms with Crippen LogP contribution in [-0.2, 0) is 6.54 Å². The molecule has 1 rings (SSSR count). The standard InChI is InChI=1S/C18H32N4O/c1-7-19-17(21-13-18(2,3)14-22(4)5)20-12-15-9-8-10-16(11-15)23-6/h8-11H,7,12-14H2,1-6H3,(H2,19,20,21). The maximum Gasteiger partial charge on any atom is 0.191 e. The van der Waals surface area contributed by atoms with Crippen LogP contribution in [0.1, 0.15) is 26.3 Å². The van der Waals surface area contributed by atoms with Gasteiger partial charge in [-0.3, -0.25) is 0 Å². The fourth-order valence-electron chi connectivity index (χ4n) is 2.52. The van der Waals surface area contributed by atoms with E-state index in [4.69, 9.17) is 4.74 Å². The number of aliphatic imine (C=N–C) groups is 1. The van der Waals surface area contributed by atoms with Crippen LogP contribution in [0.5, 0.6) is 5.75 Å². The molecule has 0 atom stereocenters. The Labute approximate surface area is 141 Å². The molecule has 5 nitrogen and oxygen atoms in total. The first kappa shape index (κ1) is 19.3. The van der Waals surface area contributed by atoms with Crippen molar-refractivity contribution >= 4 is 5.96 Å². The number of benzene rings is 1. The summed E-state index contributed by atoms with van der Waals surface area (Å²) in [7, 11) is 5.88. The zero-order chi connectivity index (χ0) is 17.3. The van der Waals surface area contributed by atoms with E-state index in [0.717, 1.165) is 36.9 Å². The lowest BCUT2D eigenvalue weighted by Crippen LogP contribution is -2.44. The van der Waals surface area contributed by atoms with Crippen LogP contribution in [0.3, 0.4) is 0 Å². The van der Waals surface area contributed by atoms with Crippen molar-refractivity contribution in [2.24, 2.45) is 10.4 Å². The van der Waals surface area contributed by atoms with Gasteiger partial charge in [-0.25, -0.2) is 4.99 Å². The van der Waals surface area contributed by atoms with Gasteiger partial charge in [0.05, 0.1) is 13.7 Å². The molecular formula is C18H32N4O. The predicted molar refractivity (Wildman–Crippen MR) is 98.1 cm³/mol. The van der Waals surface area contributed by atoms with Crippen LogP contribution in [0.2, 0.25) is 0 Å². The van der Waals surface area contributed by atoms with Crippen molar-refractivity contribution in [2.75, 3.05) is 40.8 Å². The fourth-order valence-corrected chi connectivity index (χ4v) is 2.52. The summed E-state index contributed by atoms with van der Waals surface area (Å²) in [5.41, 5.74) is 1.31. The number of nitrogens with one attached hydrogen (secondary N) is 2. The Morgan fingerprint density at radius 3 is 2.61 bits per heavy atom. The van der Waals surface area contributed by atoms with Gasteiger partial charge in [0.2, 0.25) is 0 Å². The molecule has 0 saturated carbocycles. The van der Waals surface area contributed by atoms with Crippen LogP contribution in [0.15, 0.2) is 29.3 Å². The second-order valence-electron chi connectivity index (χ2n) is 6.80. The highest BCUT2D eigenvalue weighted by Gasteiger charge is 2.19. The topological polar surface area (TPSA) is 48.9 Å². The number of guanidine groups is 1. The van der Waals surface area contributed by atoms with E-state index in [1.54, 1.807) is 7.11 Å². The summed E-state index contributed by atoms with van der Waals surface area (Å²) in [6.07, 6.45) is 0. The summed E-state index contributed by atoms with van der Waals surface area (Å²) in [6.45, 7) is 9.95. The van der Waals surface area contributed by atoms with E-state index in [1.807, 2.05) is 18.2 Å². The predicted octanol–water partition coefficient (Wildman–Crippen LogP) is 2.34. The van der Waals surface area contributed by atoms with Gasteiger partial charge in [-0.05, 0) is 44.1 Å². The lowest BCUT2D eigenvalue weighted by molar-refractivity contribution is 0.241. The van der Waals surface area contributed by atoms with E-state index in [9.17, 15) is 0 Å². The van der Waals surface area contributed by atoms with E-state index in [1.165, 1.54) is 0 Å². The Kier molecular flexibility index (Phi) is 7.89. The molecule has 0 fully saturated rings. The molecule has 0 aliphatic rings. The minimum Gasteiger partial charge on any atom is -0.497 e. The van der Waals surface area contributed by atoms with Crippen LogP contribution in [0.25, 0.3) is 0 Å². The first-order valence-corrected chi connectivity index (χ1v) is 8.16. The van der Waals surface area contributed by atoms with E-state index < -0.39 is 0 Å². The van der Waals surface area contributed by atoms with E-state index in [-0.39, 0.29) is 5.41 Å². The highest BCUT2D eigenvalue weighted by molar-refractivity contribution is 5.79. The molecule has 0 radical (unpaired) electrons. The van der Waals surface area contributed by atoms with Crippen LogP contribution < -0.4 is 15.4 Å². The first-order chi connectivity index (χ1) is 10.9. The maximum absolute atomic E-state index is 5.25. The molecule has 0 amide bonds. The highest BCUT2D eigenvalue weighted by Crippen LogP contribution is 2.15. The fraction of sp³-hybridized carbons (Fsp3) is 0.611. The minimum atomic E-state index is 0.176. The SMILES string of the molecule is CCNC(=NCc1cccc(OC)c1)NCC(C)(C)CN(C)C. The largest absolute Gasteiger partial charge is 0.497 e. The summed E-state index contributed by atoms with van der Waals surface area (Å²) in [5, 5.41) is 6.75. The smallest absolute Gasteiger partial charge is 0.191 e. The van der Waals surface area contributed by atoms with Crippen LogP contribution in [-0.4, -0.2) is 51.7 Å². The summed E-state index contributed by atoms with van der Waals surface area (Å²) in [6, 6.07) is 8.01. The summed E-state index contributed by atoms with van der Waals surface area (Å²) >= 11 is 0. The minimum absolute atomic E-state index is 0.176. The Balaban J connectivity index is 2.65. The molecule has 1 aromatic carbocycles. The quantitative estimate of drug-likeness (QED) is 0.570. The summed E-state index contributed by atoms with van der Waals surface area (Å²) in [5.74, 6) is 1.71. The molecule has 0 bridgehead atoms. The number of nitrogens with zero attached hydrogens (tertiary/aromatic N) is 2. The average molecular weight is 320 g/mol. The van der Waals surface area contributed by atoms with Crippen molar-refractivity contribution in [3.05, 3.63) is 29.8 Å². The zero-order valence-corrected chi connectivity index (χ0v) is 15.4. The Morgan fingerprint density at radius 2 is 2.00 bits per heavy atom. The first-order valence-electron chi connectivity index (χ1n) is 8.16. The molecule has 0 saturated heterocycles. The van der Waals surface area contributed by atoms with Crippen molar-refractivity contribution in [2.45, 2.75) is 27.3 Å². The summed E-state index contributed by atoms with van der Waals surface area (Å²) in [4.78, 5) is 6.88. The Morgan fingerprint density at radius 1 is 1.26 bits per heavy atom. The van der Waals surface area contributed by atoms with Gasteiger partial charge in [0.1, 0.15) is 5.75 Å². The number of methoxy groups -OCH3 is 1. The van der Waals surface area contributed by atoms with Gasteiger partial charge in [0, 0.05) is 19.6 Å². The summed E-state index contributed by atoms with van der Waals surface area (Å²) < 4.78 is 5.25. The molecule has 5 heteroatoms. The third-order valence-electron chi connectivity index (χ3n) is 3.38. The van der Waals surface area contributed by atoms with Gasteiger partial charge in [0.25, 0.3) is 0 Å². The number of hydrogen-bond donors (Lipinski definition) is 2. The van der Waals surface area contributed by atoms with Gasteiger partial charge in [-0.15, -0.1) is 0 Å². The second-order valence-corrected chi connectivity index (χ2v) is 6.80. The highest BCUT2D eigenvalue weighted by atomic mass is 16.5. The van der Waals surface area contributed by atoms with Crippen molar-refractivity contribution in [1.29, 1.82) is 0 Å². The van der Waals surface area contributed by atoms with Crippen LogP contribution >= 0.6 is 0 Å². The van der Waals surface area contributed by atoms with Gasteiger partial charge in [-0.2, -0.15) is 0 Å². The van der Waals surface area contributed by atoms with Crippen molar-refractivity contribution in [3.8, 4) is 5.75 Å². The molecule has 0 aromatic heterocycles. The molecule has 0 unspecified atom stereocenters. The average Bonchev–Trinajstić information content (AvgIpc) is 2.49. The van der Waals surface area contributed by atoms with E-state index >= 15 is 0 Å². The zero-order valence-electron chi connectivity index (χ0n) is 15.4. The molecule has 0 spiro atoms. The third-order valence-corrected chi connectivity index (χ3v) is 3.38. The second kappa shape index (κ2) is 9.40. The van der Waals surface area contributed by atoms with Gasteiger partial charge < -0.3 is 20.3 Å². The monoisotopic (exact) mass is 320 g/mol. The number of rotatable bonds is 8. The molecule has 0 aliphatic carbocycles. The molecule has 2 N–H and O–H groups in total. The van der Waals surface area contributed by atoms with Crippen LogP contribution in [0, 0.1) is 5.41 Å². The van der Waals surface area contributed by atoms with E-state index in [0.29, 0.717) is 6.54 Å². The lowest BCUT2D eigenvalue weighted by atomic mass is 9.93. The molecule has 23 heavy (non-hydrogen) atoms. The number of hydrogen-bond acceptors (Lipinski definition) is 3. The molecule has 130 valence electrons. The Bertz CT molecular complexity index is 498. The lowest BCUT2D eigenvalue weighted by Gasteiger charge is -2.29. The molecule has 1 aromatic rings. The van der Waals surface area contributed by atoms with Gasteiger partial charge in [-0.1, -0.05) is 26.0 Å². The van der Waals surface area contributed by atoms with Crippen molar-refractivity contribution in [3.63, 3.8) is 0 Å². The normalized spacial score (nSPS) is 12.4. The van der Waals surface area contributed by atoms with Crippen molar-refractivity contribution < 1.29 is 4.74 Å².